The largest absolute Gasteiger partial charge is 0.387 e. The van der Waals surface area contributed by atoms with Gasteiger partial charge in [0.2, 0.25) is 12.4 Å². The molecule has 2 aliphatic carbocycles. The van der Waals surface area contributed by atoms with Crippen molar-refractivity contribution in [2.75, 3.05) is 23.3 Å². The molecule has 0 bridgehead atoms. The molecule has 2 saturated carbocycles. The summed E-state index contributed by atoms with van der Waals surface area (Å²) in [6.07, 6.45) is 4.62. The lowest BCUT2D eigenvalue weighted by molar-refractivity contribution is -0.110. The number of nitrogens with zero attached hydrogens (tertiary/aromatic N) is 4. The van der Waals surface area contributed by atoms with Gasteiger partial charge in [0.25, 0.3) is 0 Å². The number of pyridine rings is 1. The SMILES string of the molecule is C[C@@H]1[C@H]2CN(c3nc(Nc4cnc([C@@H](C)O)c(Cl)c4)ncc3F)C[C@]12C1(NC=O)CC1. The predicted octanol–water partition coefficient (Wildman–Crippen LogP) is 2.81. The fourth-order valence-corrected chi connectivity index (χ4v) is 5.93. The molecule has 1 aliphatic heterocycles. The van der Waals surface area contributed by atoms with Gasteiger partial charge in [-0.3, -0.25) is 9.78 Å². The van der Waals surface area contributed by atoms with Crippen LogP contribution in [0.25, 0.3) is 0 Å². The number of carbonyl (C=O) groups excluding carboxylic acids is 1. The topological polar surface area (TPSA) is 103 Å². The molecule has 0 radical (unpaired) electrons. The fraction of sp³-hybridized carbons (Fsp3) is 0.524. The van der Waals surface area contributed by atoms with E-state index in [1.807, 2.05) is 4.90 Å². The van der Waals surface area contributed by atoms with Gasteiger partial charge in [-0.05, 0) is 37.7 Å². The number of hydrogen-bond acceptors (Lipinski definition) is 7. The van der Waals surface area contributed by atoms with Crippen molar-refractivity contribution >= 4 is 35.5 Å². The Bertz CT molecular complexity index is 1050. The summed E-state index contributed by atoms with van der Waals surface area (Å²) in [7, 11) is 0. The zero-order valence-electron chi connectivity index (χ0n) is 17.3. The van der Waals surface area contributed by atoms with Crippen LogP contribution >= 0.6 is 11.6 Å². The van der Waals surface area contributed by atoms with Gasteiger partial charge in [0.15, 0.2) is 11.6 Å². The molecule has 10 heteroatoms. The molecule has 0 spiro atoms. The third-order valence-electron chi connectivity index (χ3n) is 7.36. The van der Waals surface area contributed by atoms with Crippen LogP contribution in [0.2, 0.25) is 5.02 Å². The molecule has 2 aromatic rings. The van der Waals surface area contributed by atoms with E-state index < -0.39 is 11.9 Å². The molecule has 4 atom stereocenters. The van der Waals surface area contributed by atoms with E-state index in [-0.39, 0.29) is 22.7 Å². The molecule has 3 aliphatic rings. The van der Waals surface area contributed by atoms with Crippen molar-refractivity contribution in [2.45, 2.75) is 38.3 Å². The van der Waals surface area contributed by atoms with Gasteiger partial charge in [0.05, 0.1) is 34.9 Å². The molecule has 5 rings (SSSR count). The summed E-state index contributed by atoms with van der Waals surface area (Å²) >= 11 is 6.17. The van der Waals surface area contributed by atoms with Crippen molar-refractivity contribution in [3.8, 4) is 0 Å². The molecule has 0 aromatic carbocycles. The maximum Gasteiger partial charge on any atom is 0.229 e. The summed E-state index contributed by atoms with van der Waals surface area (Å²) in [6.45, 7) is 5.16. The summed E-state index contributed by atoms with van der Waals surface area (Å²) in [5.74, 6) is 0.890. The van der Waals surface area contributed by atoms with Crippen molar-refractivity contribution in [3.63, 3.8) is 0 Å². The summed E-state index contributed by atoms with van der Waals surface area (Å²) in [5, 5.41) is 16.0. The number of rotatable bonds is 7. The van der Waals surface area contributed by atoms with Crippen molar-refractivity contribution in [2.24, 2.45) is 17.3 Å². The second kappa shape index (κ2) is 7.00. The fourth-order valence-electron chi connectivity index (χ4n) is 5.61. The Kier molecular flexibility index (Phi) is 4.60. The second-order valence-electron chi connectivity index (χ2n) is 8.92. The first-order chi connectivity index (χ1) is 14.8. The summed E-state index contributed by atoms with van der Waals surface area (Å²) < 4.78 is 14.7. The highest BCUT2D eigenvalue weighted by Crippen LogP contribution is 2.74. The predicted molar refractivity (Wildman–Crippen MR) is 114 cm³/mol. The highest BCUT2D eigenvalue weighted by molar-refractivity contribution is 6.31. The number of hydrogen-bond donors (Lipinski definition) is 3. The average Bonchev–Trinajstić information content (AvgIpc) is 3.57. The Balaban J connectivity index is 1.37. The van der Waals surface area contributed by atoms with Gasteiger partial charge >= 0.3 is 0 Å². The van der Waals surface area contributed by atoms with E-state index in [0.717, 1.165) is 25.4 Å². The number of nitrogens with one attached hydrogen (secondary N) is 2. The van der Waals surface area contributed by atoms with Gasteiger partial charge in [0, 0.05) is 24.0 Å². The van der Waals surface area contributed by atoms with Gasteiger partial charge < -0.3 is 20.6 Å². The Morgan fingerprint density at radius 2 is 2.16 bits per heavy atom. The van der Waals surface area contributed by atoms with Crippen LogP contribution in [0.5, 0.6) is 0 Å². The minimum atomic E-state index is -0.782. The van der Waals surface area contributed by atoms with Gasteiger partial charge in [-0.25, -0.2) is 9.37 Å². The Hall–Kier alpha value is -2.52. The zero-order chi connectivity index (χ0) is 22.0. The van der Waals surface area contributed by atoms with Crippen molar-refractivity contribution in [1.29, 1.82) is 0 Å². The van der Waals surface area contributed by atoms with E-state index in [2.05, 4.69) is 32.5 Å². The van der Waals surface area contributed by atoms with E-state index in [9.17, 15) is 14.3 Å². The smallest absolute Gasteiger partial charge is 0.229 e. The number of piperidine rings is 1. The molecule has 0 unspecified atom stereocenters. The highest BCUT2D eigenvalue weighted by Gasteiger charge is 2.78. The molecule has 3 heterocycles. The molecule has 164 valence electrons. The Morgan fingerprint density at radius 3 is 2.81 bits per heavy atom. The first kappa shape index (κ1) is 20.4. The quantitative estimate of drug-likeness (QED) is 0.562. The molecule has 2 aromatic heterocycles. The van der Waals surface area contributed by atoms with Crippen LogP contribution in [0.4, 0.5) is 21.8 Å². The van der Waals surface area contributed by atoms with E-state index >= 15 is 0 Å². The van der Waals surface area contributed by atoms with E-state index in [1.165, 1.54) is 6.20 Å². The zero-order valence-corrected chi connectivity index (χ0v) is 18.0. The molecule has 31 heavy (non-hydrogen) atoms. The lowest BCUT2D eigenvalue weighted by atomic mass is 9.90. The third-order valence-corrected chi connectivity index (χ3v) is 7.66. The van der Waals surface area contributed by atoms with Crippen molar-refractivity contribution in [1.82, 2.24) is 20.3 Å². The molecular formula is C21H24ClFN6O2. The van der Waals surface area contributed by atoms with Crippen LogP contribution < -0.4 is 15.5 Å². The number of amides is 1. The van der Waals surface area contributed by atoms with E-state index in [1.54, 1.807) is 13.0 Å². The molecule has 1 saturated heterocycles. The minimum absolute atomic E-state index is 0.0207. The first-order valence-corrected chi connectivity index (χ1v) is 10.8. The van der Waals surface area contributed by atoms with Crippen molar-refractivity contribution in [3.05, 3.63) is 35.0 Å². The Morgan fingerprint density at radius 1 is 1.39 bits per heavy atom. The molecule has 8 nitrogen and oxygen atoms in total. The number of fused-ring (bicyclic) bond motifs is 1. The maximum atomic E-state index is 14.7. The van der Waals surface area contributed by atoms with Crippen LogP contribution in [0.1, 0.15) is 38.5 Å². The van der Waals surface area contributed by atoms with Crippen LogP contribution in [0.3, 0.4) is 0 Å². The molecular weight excluding hydrogens is 423 g/mol. The molecule has 1 amide bonds. The van der Waals surface area contributed by atoms with E-state index in [4.69, 9.17) is 11.6 Å². The second-order valence-corrected chi connectivity index (χ2v) is 9.32. The number of anilines is 3. The lowest BCUT2D eigenvalue weighted by Crippen LogP contribution is -2.44. The summed E-state index contributed by atoms with van der Waals surface area (Å²) in [6, 6.07) is 1.62. The average molecular weight is 447 g/mol. The standard InChI is InChI=1S/C21H24ClFN6O2/c1-11-14-8-29(9-21(11,14)20(3-4-20)26-10-30)18-16(23)7-25-19(28-18)27-13-5-15(22)17(12(2)31)24-6-13/h5-7,10-12,14,31H,3-4,8-9H2,1-2H3,(H,26,30)(H,25,27,28)/t11-,12-,14-,21+/m1/s1. The monoisotopic (exact) mass is 446 g/mol. The maximum absolute atomic E-state index is 14.7. The number of halogens is 2. The number of aliphatic hydroxyl groups is 1. The number of aliphatic hydroxyl groups excluding tert-OH is 1. The molecule has 3 N–H and O–H groups in total. The normalized spacial score (nSPS) is 28.6. The first-order valence-electron chi connectivity index (χ1n) is 10.4. The van der Waals surface area contributed by atoms with E-state index in [0.29, 0.717) is 41.3 Å². The lowest BCUT2D eigenvalue weighted by Gasteiger charge is -2.30. The third kappa shape index (κ3) is 3.05. The minimum Gasteiger partial charge on any atom is -0.387 e. The van der Waals surface area contributed by atoms with Gasteiger partial charge in [-0.15, -0.1) is 0 Å². The van der Waals surface area contributed by atoms with Crippen LogP contribution in [-0.4, -0.2) is 45.1 Å². The van der Waals surface area contributed by atoms with Crippen LogP contribution in [-0.2, 0) is 4.79 Å². The summed E-state index contributed by atoms with van der Waals surface area (Å²) in [5.41, 5.74) is 0.731. The van der Waals surface area contributed by atoms with Crippen LogP contribution in [0.15, 0.2) is 18.5 Å². The van der Waals surface area contributed by atoms with Gasteiger partial charge in [-0.2, -0.15) is 4.98 Å². The molecule has 3 fully saturated rings. The number of carbonyl (C=O) groups is 1. The van der Waals surface area contributed by atoms with Gasteiger partial charge in [0.1, 0.15) is 0 Å². The number of aromatic nitrogens is 3. The summed E-state index contributed by atoms with van der Waals surface area (Å²) in [4.78, 5) is 25.7. The van der Waals surface area contributed by atoms with Crippen LogP contribution in [0, 0.1) is 23.1 Å². The highest BCUT2D eigenvalue weighted by atomic mass is 35.5. The van der Waals surface area contributed by atoms with Crippen molar-refractivity contribution < 1.29 is 14.3 Å². The Labute approximate surface area is 184 Å². The van der Waals surface area contributed by atoms with Gasteiger partial charge in [-0.1, -0.05) is 18.5 Å².